The maximum absolute atomic E-state index is 11.6. The average Bonchev–Trinajstić information content (AvgIpc) is 2.63. The van der Waals surface area contributed by atoms with Crippen molar-refractivity contribution >= 4 is 17.7 Å². The molecule has 3 nitrogen and oxygen atoms in total. The summed E-state index contributed by atoms with van der Waals surface area (Å²) in [4.78, 5) is 11.6. The molecule has 0 aromatic rings. The van der Waals surface area contributed by atoms with Gasteiger partial charge in [-0.3, -0.25) is 4.79 Å². The van der Waals surface area contributed by atoms with Gasteiger partial charge in [-0.1, -0.05) is 20.8 Å². The average molecular weight is 230 g/mol. The molecule has 1 amide bonds. The first-order chi connectivity index (χ1) is 6.99. The van der Waals surface area contributed by atoms with E-state index in [-0.39, 0.29) is 16.7 Å². The second kappa shape index (κ2) is 5.75. The monoisotopic (exact) mass is 230 g/mol. The first-order valence-corrected chi connectivity index (χ1v) is 6.63. The Hall–Kier alpha value is -0.220. The van der Waals surface area contributed by atoms with Crippen molar-refractivity contribution in [1.29, 1.82) is 0 Å². The van der Waals surface area contributed by atoms with Gasteiger partial charge in [-0.15, -0.1) is 0 Å². The largest absolute Gasteiger partial charge is 0.354 e. The third-order valence-electron chi connectivity index (χ3n) is 2.31. The normalized spacial score (nSPS) is 21.7. The third-order valence-corrected chi connectivity index (χ3v) is 3.59. The van der Waals surface area contributed by atoms with E-state index in [0.717, 1.165) is 31.7 Å². The topological polar surface area (TPSA) is 41.1 Å². The Bertz CT molecular complexity index is 207. The van der Waals surface area contributed by atoms with Crippen molar-refractivity contribution in [3.63, 3.8) is 0 Å². The SMILES string of the molecule is CC(C)(C)SCCNC(=O)C1CCCN1. The van der Waals surface area contributed by atoms with E-state index < -0.39 is 0 Å². The van der Waals surface area contributed by atoms with E-state index in [4.69, 9.17) is 0 Å². The van der Waals surface area contributed by atoms with Gasteiger partial charge in [-0.2, -0.15) is 11.8 Å². The fraction of sp³-hybridized carbons (Fsp3) is 0.909. The van der Waals surface area contributed by atoms with Crippen LogP contribution in [0.4, 0.5) is 0 Å². The van der Waals surface area contributed by atoms with Crippen LogP contribution < -0.4 is 10.6 Å². The van der Waals surface area contributed by atoms with Gasteiger partial charge >= 0.3 is 0 Å². The van der Waals surface area contributed by atoms with Gasteiger partial charge in [0.05, 0.1) is 6.04 Å². The Morgan fingerprint density at radius 1 is 1.53 bits per heavy atom. The molecule has 2 N–H and O–H groups in total. The Labute approximate surface area is 96.8 Å². The zero-order valence-electron chi connectivity index (χ0n) is 9.93. The molecule has 0 aromatic heterocycles. The van der Waals surface area contributed by atoms with Crippen molar-refractivity contribution in [2.45, 2.75) is 44.4 Å². The van der Waals surface area contributed by atoms with Gasteiger partial charge in [-0.05, 0) is 19.4 Å². The zero-order valence-corrected chi connectivity index (χ0v) is 10.7. The molecule has 0 bridgehead atoms. The lowest BCUT2D eigenvalue weighted by Crippen LogP contribution is -2.41. The molecule has 0 saturated carbocycles. The van der Waals surface area contributed by atoms with E-state index in [1.807, 2.05) is 11.8 Å². The zero-order chi connectivity index (χ0) is 11.3. The first-order valence-electron chi connectivity index (χ1n) is 5.64. The quantitative estimate of drug-likeness (QED) is 0.717. The fourth-order valence-corrected chi connectivity index (χ4v) is 2.38. The number of hydrogen-bond acceptors (Lipinski definition) is 3. The van der Waals surface area contributed by atoms with Crippen LogP contribution in [0.2, 0.25) is 0 Å². The lowest BCUT2D eigenvalue weighted by Gasteiger charge is -2.18. The summed E-state index contributed by atoms with van der Waals surface area (Å²) >= 11 is 1.88. The molecule has 1 aliphatic rings. The fourth-order valence-electron chi connectivity index (χ4n) is 1.56. The third kappa shape index (κ3) is 5.42. The second-order valence-electron chi connectivity index (χ2n) is 4.90. The summed E-state index contributed by atoms with van der Waals surface area (Å²) in [5, 5.41) is 6.17. The van der Waals surface area contributed by atoms with Crippen molar-refractivity contribution in [3.8, 4) is 0 Å². The maximum atomic E-state index is 11.6. The Morgan fingerprint density at radius 2 is 2.27 bits per heavy atom. The summed E-state index contributed by atoms with van der Waals surface area (Å²) < 4.78 is 0.288. The molecule has 15 heavy (non-hydrogen) atoms. The van der Waals surface area contributed by atoms with Crippen LogP contribution in [-0.2, 0) is 4.79 Å². The Kier molecular flexibility index (Phi) is 4.93. The van der Waals surface area contributed by atoms with E-state index in [2.05, 4.69) is 31.4 Å². The molecule has 4 heteroatoms. The minimum absolute atomic E-state index is 0.0598. The van der Waals surface area contributed by atoms with Crippen LogP contribution in [0.25, 0.3) is 0 Å². The van der Waals surface area contributed by atoms with Crippen molar-refractivity contribution in [2.24, 2.45) is 0 Å². The maximum Gasteiger partial charge on any atom is 0.237 e. The van der Waals surface area contributed by atoms with Crippen LogP contribution in [0.15, 0.2) is 0 Å². The number of hydrogen-bond donors (Lipinski definition) is 2. The first kappa shape index (κ1) is 12.8. The molecule has 88 valence electrons. The van der Waals surface area contributed by atoms with Crippen molar-refractivity contribution in [1.82, 2.24) is 10.6 Å². The van der Waals surface area contributed by atoms with E-state index in [1.165, 1.54) is 0 Å². The van der Waals surface area contributed by atoms with Gasteiger partial charge in [0.25, 0.3) is 0 Å². The van der Waals surface area contributed by atoms with Crippen molar-refractivity contribution < 1.29 is 4.79 Å². The smallest absolute Gasteiger partial charge is 0.237 e. The Balaban J connectivity index is 2.07. The van der Waals surface area contributed by atoms with E-state index in [1.54, 1.807) is 0 Å². The highest BCUT2D eigenvalue weighted by atomic mass is 32.2. The van der Waals surface area contributed by atoms with Gasteiger partial charge in [0.1, 0.15) is 0 Å². The molecular weight excluding hydrogens is 208 g/mol. The highest BCUT2D eigenvalue weighted by molar-refractivity contribution is 8.00. The predicted molar refractivity (Wildman–Crippen MR) is 66.2 cm³/mol. The molecule has 1 rings (SSSR count). The minimum Gasteiger partial charge on any atom is -0.354 e. The highest BCUT2D eigenvalue weighted by Crippen LogP contribution is 2.22. The molecule has 0 aliphatic carbocycles. The van der Waals surface area contributed by atoms with E-state index in [0.29, 0.717) is 0 Å². The van der Waals surface area contributed by atoms with Crippen molar-refractivity contribution in [2.75, 3.05) is 18.8 Å². The van der Waals surface area contributed by atoms with E-state index in [9.17, 15) is 4.79 Å². The number of carbonyl (C=O) groups is 1. The summed E-state index contributed by atoms with van der Waals surface area (Å²) in [5.74, 6) is 1.16. The van der Waals surface area contributed by atoms with Crippen molar-refractivity contribution in [3.05, 3.63) is 0 Å². The Morgan fingerprint density at radius 3 is 2.80 bits per heavy atom. The lowest BCUT2D eigenvalue weighted by atomic mass is 10.2. The molecular formula is C11H22N2OS. The molecule has 1 aliphatic heterocycles. The number of carbonyl (C=O) groups excluding carboxylic acids is 1. The standard InChI is InChI=1S/C11H22N2OS/c1-11(2,3)15-8-7-13-10(14)9-5-4-6-12-9/h9,12H,4-8H2,1-3H3,(H,13,14). The van der Waals surface area contributed by atoms with Crippen LogP contribution >= 0.6 is 11.8 Å². The van der Waals surface area contributed by atoms with E-state index >= 15 is 0 Å². The summed E-state index contributed by atoms with van der Waals surface area (Å²) in [5.41, 5.74) is 0. The number of thioether (sulfide) groups is 1. The molecule has 0 radical (unpaired) electrons. The molecule has 1 heterocycles. The van der Waals surface area contributed by atoms with Crippen LogP contribution in [0.5, 0.6) is 0 Å². The van der Waals surface area contributed by atoms with Gasteiger partial charge < -0.3 is 10.6 Å². The summed E-state index contributed by atoms with van der Waals surface area (Å²) in [6.07, 6.45) is 2.10. The van der Waals surface area contributed by atoms with Gasteiger partial charge in [0.15, 0.2) is 0 Å². The second-order valence-corrected chi connectivity index (χ2v) is 6.82. The molecule has 1 unspecified atom stereocenters. The van der Waals surface area contributed by atoms with Gasteiger partial charge in [-0.25, -0.2) is 0 Å². The number of rotatable bonds is 4. The molecule has 0 aromatic carbocycles. The van der Waals surface area contributed by atoms with Crippen LogP contribution in [0.1, 0.15) is 33.6 Å². The van der Waals surface area contributed by atoms with Gasteiger partial charge in [0.2, 0.25) is 5.91 Å². The predicted octanol–water partition coefficient (Wildman–Crippen LogP) is 1.39. The molecule has 1 saturated heterocycles. The van der Waals surface area contributed by atoms with Gasteiger partial charge in [0, 0.05) is 17.0 Å². The summed E-state index contributed by atoms with van der Waals surface area (Å²) in [6.45, 7) is 8.34. The van der Waals surface area contributed by atoms with Crippen LogP contribution in [0.3, 0.4) is 0 Å². The molecule has 1 fully saturated rings. The minimum atomic E-state index is 0.0598. The summed E-state index contributed by atoms with van der Waals surface area (Å²) in [6, 6.07) is 0.0598. The lowest BCUT2D eigenvalue weighted by molar-refractivity contribution is -0.122. The highest BCUT2D eigenvalue weighted by Gasteiger charge is 2.21. The van der Waals surface area contributed by atoms with Crippen LogP contribution in [0, 0.1) is 0 Å². The number of amides is 1. The summed E-state index contributed by atoms with van der Waals surface area (Å²) in [7, 11) is 0. The molecule has 0 spiro atoms. The molecule has 1 atom stereocenters. The van der Waals surface area contributed by atoms with Crippen LogP contribution in [-0.4, -0.2) is 35.5 Å². The number of nitrogens with one attached hydrogen (secondary N) is 2.